The van der Waals surface area contributed by atoms with Gasteiger partial charge in [-0.25, -0.2) is 0 Å². The van der Waals surface area contributed by atoms with Crippen LogP contribution in [0.1, 0.15) is 31.5 Å². The molecule has 1 aromatic heterocycles. The fourth-order valence-corrected chi connectivity index (χ4v) is 2.84. The maximum absolute atomic E-state index is 12.3. The largest absolute Gasteiger partial charge is 0.363 e. The number of nitrogens with zero attached hydrogens (tertiary/aromatic N) is 1. The molecular weight excluding hydrogens is 242 g/mol. The molecular formula is C14H21N3O2. The summed E-state index contributed by atoms with van der Waals surface area (Å²) in [5.74, 6) is 0.102. The Hall–Kier alpha value is -1.33. The zero-order chi connectivity index (χ0) is 13.3. The summed E-state index contributed by atoms with van der Waals surface area (Å²) in [4.78, 5) is 17.5. The number of aromatic nitrogens is 1. The van der Waals surface area contributed by atoms with E-state index in [1.807, 2.05) is 30.2 Å². The summed E-state index contributed by atoms with van der Waals surface area (Å²) in [6.07, 6.45) is 4.01. The van der Waals surface area contributed by atoms with Crippen molar-refractivity contribution < 1.29 is 9.53 Å². The van der Waals surface area contributed by atoms with E-state index in [0.717, 1.165) is 38.2 Å². The van der Waals surface area contributed by atoms with Crippen LogP contribution in [0.3, 0.4) is 0 Å². The summed E-state index contributed by atoms with van der Waals surface area (Å²) in [7, 11) is 0. The fourth-order valence-electron chi connectivity index (χ4n) is 2.84. The number of carbonyl (C=O) groups is 1. The number of aromatic amines is 1. The maximum atomic E-state index is 12.3. The van der Waals surface area contributed by atoms with Crippen LogP contribution in [0.15, 0.2) is 18.3 Å². The Balaban J connectivity index is 1.59. The van der Waals surface area contributed by atoms with Gasteiger partial charge in [0.25, 0.3) is 0 Å². The van der Waals surface area contributed by atoms with Crippen molar-refractivity contribution in [2.75, 3.05) is 26.2 Å². The number of hydrogen-bond acceptors (Lipinski definition) is 3. The molecule has 2 aliphatic heterocycles. The smallest absolute Gasteiger partial charge is 0.249 e. The van der Waals surface area contributed by atoms with Crippen molar-refractivity contribution in [3.63, 3.8) is 0 Å². The van der Waals surface area contributed by atoms with E-state index in [1.54, 1.807) is 0 Å². The minimum Gasteiger partial charge on any atom is -0.363 e. The Bertz CT molecular complexity index is 440. The number of amides is 1. The third kappa shape index (κ3) is 2.53. The van der Waals surface area contributed by atoms with Crippen LogP contribution in [-0.2, 0) is 9.53 Å². The van der Waals surface area contributed by atoms with Crippen molar-refractivity contribution in [2.24, 2.45) is 0 Å². The summed E-state index contributed by atoms with van der Waals surface area (Å²) in [5, 5.41) is 3.17. The van der Waals surface area contributed by atoms with E-state index in [2.05, 4.69) is 10.3 Å². The average Bonchev–Trinajstić information content (AvgIpc) is 3.02. The number of likely N-dealkylation sites (tertiary alicyclic amines) is 1. The van der Waals surface area contributed by atoms with Gasteiger partial charge in [-0.1, -0.05) is 0 Å². The van der Waals surface area contributed by atoms with Crippen LogP contribution in [-0.4, -0.2) is 47.6 Å². The summed E-state index contributed by atoms with van der Waals surface area (Å²) < 4.78 is 5.74. The van der Waals surface area contributed by atoms with E-state index < -0.39 is 0 Å². The molecule has 2 N–H and O–H groups in total. The van der Waals surface area contributed by atoms with E-state index in [9.17, 15) is 4.79 Å². The lowest BCUT2D eigenvalue weighted by Gasteiger charge is -2.39. The molecule has 0 aliphatic carbocycles. The van der Waals surface area contributed by atoms with Crippen molar-refractivity contribution in [3.05, 3.63) is 24.0 Å². The van der Waals surface area contributed by atoms with Crippen LogP contribution in [0, 0.1) is 0 Å². The second-order valence-electron chi connectivity index (χ2n) is 5.71. The number of carbonyl (C=O) groups excluding carboxylic acids is 1. The molecule has 1 aromatic rings. The zero-order valence-corrected chi connectivity index (χ0v) is 11.3. The highest BCUT2D eigenvalue weighted by Gasteiger charge is 2.35. The van der Waals surface area contributed by atoms with Crippen molar-refractivity contribution in [1.82, 2.24) is 15.2 Å². The predicted molar refractivity (Wildman–Crippen MR) is 71.7 cm³/mol. The molecule has 3 rings (SSSR count). The second-order valence-corrected chi connectivity index (χ2v) is 5.71. The quantitative estimate of drug-likeness (QED) is 0.854. The SMILES string of the molecule is CC1(OCC(=O)N2CCCC2c2ccc[nH]2)CNC1. The molecule has 2 fully saturated rings. The van der Waals surface area contributed by atoms with Gasteiger partial charge >= 0.3 is 0 Å². The molecule has 0 radical (unpaired) electrons. The molecule has 5 nitrogen and oxygen atoms in total. The standard InChI is InChI=1S/C14H21N3O2/c1-14(9-15-10-14)19-8-13(18)17-7-3-5-12(17)11-4-2-6-16-11/h2,4,6,12,15-16H,3,5,7-10H2,1H3. The van der Waals surface area contributed by atoms with Crippen LogP contribution in [0.2, 0.25) is 0 Å². The fraction of sp³-hybridized carbons (Fsp3) is 0.643. The first kappa shape index (κ1) is 12.7. The first-order valence-corrected chi connectivity index (χ1v) is 6.95. The summed E-state index contributed by atoms with van der Waals surface area (Å²) in [6.45, 7) is 4.74. The molecule has 19 heavy (non-hydrogen) atoms. The van der Waals surface area contributed by atoms with Gasteiger partial charge in [0.2, 0.25) is 5.91 Å². The van der Waals surface area contributed by atoms with E-state index in [-0.39, 0.29) is 24.2 Å². The van der Waals surface area contributed by atoms with Gasteiger partial charge in [0.1, 0.15) is 6.61 Å². The molecule has 0 aromatic carbocycles. The number of H-pyrrole nitrogens is 1. The lowest BCUT2D eigenvalue weighted by Crippen LogP contribution is -2.59. The Labute approximate surface area is 113 Å². The maximum Gasteiger partial charge on any atom is 0.249 e. The van der Waals surface area contributed by atoms with Crippen LogP contribution in [0.5, 0.6) is 0 Å². The number of rotatable bonds is 4. The first-order chi connectivity index (χ1) is 9.18. The molecule has 1 atom stereocenters. The van der Waals surface area contributed by atoms with Crippen molar-refractivity contribution in [2.45, 2.75) is 31.4 Å². The van der Waals surface area contributed by atoms with Gasteiger partial charge in [-0.2, -0.15) is 0 Å². The Morgan fingerprint density at radius 1 is 1.58 bits per heavy atom. The summed E-state index contributed by atoms with van der Waals surface area (Å²) in [5.41, 5.74) is 0.972. The average molecular weight is 263 g/mol. The third-order valence-corrected chi connectivity index (χ3v) is 4.10. The van der Waals surface area contributed by atoms with E-state index in [1.165, 1.54) is 0 Å². The topological polar surface area (TPSA) is 57.4 Å². The van der Waals surface area contributed by atoms with Gasteiger partial charge in [-0.3, -0.25) is 4.79 Å². The van der Waals surface area contributed by atoms with Gasteiger partial charge in [0, 0.05) is 31.5 Å². The molecule has 2 aliphatic rings. The molecule has 5 heteroatoms. The zero-order valence-electron chi connectivity index (χ0n) is 11.3. The van der Waals surface area contributed by atoms with Gasteiger partial charge in [0.15, 0.2) is 0 Å². The molecule has 104 valence electrons. The normalized spacial score (nSPS) is 25.3. The highest BCUT2D eigenvalue weighted by Crippen LogP contribution is 2.31. The van der Waals surface area contributed by atoms with E-state index in [0.29, 0.717) is 0 Å². The monoisotopic (exact) mass is 263 g/mol. The number of ether oxygens (including phenoxy) is 1. The lowest BCUT2D eigenvalue weighted by atomic mass is 10.0. The van der Waals surface area contributed by atoms with Crippen LogP contribution < -0.4 is 5.32 Å². The van der Waals surface area contributed by atoms with Crippen molar-refractivity contribution >= 4 is 5.91 Å². The van der Waals surface area contributed by atoms with E-state index >= 15 is 0 Å². The number of hydrogen-bond donors (Lipinski definition) is 2. The second kappa shape index (κ2) is 4.98. The van der Waals surface area contributed by atoms with Gasteiger partial charge in [0.05, 0.1) is 11.6 Å². The van der Waals surface area contributed by atoms with Crippen molar-refractivity contribution in [3.8, 4) is 0 Å². The predicted octanol–water partition coefficient (Wildman–Crippen LogP) is 1.06. The summed E-state index contributed by atoms with van der Waals surface area (Å²) in [6, 6.07) is 4.22. The Morgan fingerprint density at radius 2 is 2.42 bits per heavy atom. The first-order valence-electron chi connectivity index (χ1n) is 6.95. The Morgan fingerprint density at radius 3 is 3.05 bits per heavy atom. The molecule has 1 unspecified atom stereocenters. The van der Waals surface area contributed by atoms with Crippen LogP contribution in [0.4, 0.5) is 0 Å². The highest BCUT2D eigenvalue weighted by molar-refractivity contribution is 5.78. The highest BCUT2D eigenvalue weighted by atomic mass is 16.5. The molecule has 0 bridgehead atoms. The molecule has 3 heterocycles. The van der Waals surface area contributed by atoms with Gasteiger partial charge < -0.3 is 19.9 Å². The molecule has 2 saturated heterocycles. The summed E-state index contributed by atoms with van der Waals surface area (Å²) >= 11 is 0. The lowest BCUT2D eigenvalue weighted by molar-refractivity contribution is -0.147. The van der Waals surface area contributed by atoms with Crippen molar-refractivity contribution in [1.29, 1.82) is 0 Å². The van der Waals surface area contributed by atoms with E-state index in [4.69, 9.17) is 4.74 Å². The molecule has 1 amide bonds. The number of nitrogens with one attached hydrogen (secondary N) is 2. The van der Waals surface area contributed by atoms with Gasteiger partial charge in [-0.05, 0) is 31.9 Å². The van der Waals surface area contributed by atoms with Crippen LogP contribution in [0.25, 0.3) is 0 Å². The molecule has 0 saturated carbocycles. The van der Waals surface area contributed by atoms with Crippen LogP contribution >= 0.6 is 0 Å². The minimum atomic E-state index is -0.155. The molecule has 0 spiro atoms. The minimum absolute atomic E-state index is 0.102. The van der Waals surface area contributed by atoms with Gasteiger partial charge in [-0.15, -0.1) is 0 Å². The Kier molecular flexibility index (Phi) is 3.33. The third-order valence-electron chi connectivity index (χ3n) is 4.10.